The molecule has 1 aromatic heterocycles. The summed E-state index contributed by atoms with van der Waals surface area (Å²) >= 11 is 1.60. The van der Waals surface area contributed by atoms with Crippen molar-refractivity contribution in [2.24, 2.45) is 0 Å². The summed E-state index contributed by atoms with van der Waals surface area (Å²) in [6, 6.07) is 5.87. The van der Waals surface area contributed by atoms with E-state index in [1.54, 1.807) is 23.8 Å². The van der Waals surface area contributed by atoms with Crippen LogP contribution in [0.4, 0.5) is 0 Å². The third-order valence-corrected chi connectivity index (χ3v) is 2.64. The van der Waals surface area contributed by atoms with E-state index in [0.717, 1.165) is 15.8 Å². The molecule has 0 aliphatic carbocycles. The van der Waals surface area contributed by atoms with Crippen LogP contribution in [0.1, 0.15) is 18.6 Å². The van der Waals surface area contributed by atoms with Crippen molar-refractivity contribution >= 4 is 21.6 Å². The average molecular weight is 179 g/mol. The molecule has 0 saturated heterocycles. The maximum Gasteiger partial charge on any atom is 0.0869 e. The van der Waals surface area contributed by atoms with Gasteiger partial charge in [0.15, 0.2) is 0 Å². The number of thiazole rings is 1. The second kappa shape index (κ2) is 2.84. The van der Waals surface area contributed by atoms with Crippen LogP contribution in [-0.2, 0) is 0 Å². The normalized spacial score (nSPS) is 13.5. The van der Waals surface area contributed by atoms with Gasteiger partial charge in [-0.1, -0.05) is 12.1 Å². The van der Waals surface area contributed by atoms with E-state index in [1.165, 1.54) is 0 Å². The smallest absolute Gasteiger partial charge is 0.0869 e. The van der Waals surface area contributed by atoms with Crippen molar-refractivity contribution in [3.63, 3.8) is 0 Å². The van der Waals surface area contributed by atoms with Crippen LogP contribution in [0.5, 0.6) is 0 Å². The lowest BCUT2D eigenvalue weighted by Gasteiger charge is -2.03. The molecule has 0 spiro atoms. The molecular formula is C9H9NOS. The van der Waals surface area contributed by atoms with Gasteiger partial charge in [0.2, 0.25) is 0 Å². The minimum absolute atomic E-state index is 0.434. The van der Waals surface area contributed by atoms with Crippen LogP contribution < -0.4 is 0 Å². The first-order valence-electron chi connectivity index (χ1n) is 3.79. The molecule has 0 radical (unpaired) electrons. The van der Waals surface area contributed by atoms with Gasteiger partial charge in [0, 0.05) is 5.56 Å². The van der Waals surface area contributed by atoms with Gasteiger partial charge in [-0.15, -0.1) is 11.3 Å². The number of fused-ring (bicyclic) bond motifs is 1. The maximum absolute atomic E-state index is 9.40. The monoisotopic (exact) mass is 179 g/mol. The van der Waals surface area contributed by atoms with Gasteiger partial charge in [0.1, 0.15) is 0 Å². The SMILES string of the molecule is C[C@H](O)c1cccc2scnc12. The van der Waals surface area contributed by atoms with Crippen molar-refractivity contribution in [2.45, 2.75) is 13.0 Å². The van der Waals surface area contributed by atoms with E-state index in [2.05, 4.69) is 4.98 Å². The third kappa shape index (κ3) is 1.11. The number of aromatic nitrogens is 1. The number of hydrogen-bond donors (Lipinski definition) is 1. The van der Waals surface area contributed by atoms with Crippen LogP contribution in [0.2, 0.25) is 0 Å². The van der Waals surface area contributed by atoms with Crippen LogP contribution >= 0.6 is 11.3 Å². The van der Waals surface area contributed by atoms with Crippen LogP contribution in [0, 0.1) is 0 Å². The largest absolute Gasteiger partial charge is 0.389 e. The highest BCUT2D eigenvalue weighted by Gasteiger charge is 2.06. The van der Waals surface area contributed by atoms with Crippen LogP contribution in [0.25, 0.3) is 10.2 Å². The van der Waals surface area contributed by atoms with E-state index in [9.17, 15) is 5.11 Å². The van der Waals surface area contributed by atoms with E-state index in [-0.39, 0.29) is 0 Å². The van der Waals surface area contributed by atoms with E-state index in [0.29, 0.717) is 0 Å². The molecule has 1 N–H and O–H groups in total. The maximum atomic E-state index is 9.40. The first kappa shape index (κ1) is 7.71. The zero-order chi connectivity index (χ0) is 8.55. The Morgan fingerprint density at radius 1 is 1.50 bits per heavy atom. The molecule has 0 bridgehead atoms. The first-order valence-corrected chi connectivity index (χ1v) is 4.67. The molecule has 2 rings (SSSR count). The zero-order valence-corrected chi connectivity index (χ0v) is 7.51. The summed E-state index contributed by atoms with van der Waals surface area (Å²) in [5, 5.41) is 9.40. The molecule has 1 heterocycles. The molecule has 2 nitrogen and oxygen atoms in total. The summed E-state index contributed by atoms with van der Waals surface area (Å²) in [6.07, 6.45) is -0.434. The summed E-state index contributed by atoms with van der Waals surface area (Å²) in [4.78, 5) is 4.20. The lowest BCUT2D eigenvalue weighted by atomic mass is 10.1. The summed E-state index contributed by atoms with van der Waals surface area (Å²) < 4.78 is 1.13. The summed E-state index contributed by atoms with van der Waals surface area (Å²) in [6.45, 7) is 1.76. The molecular weight excluding hydrogens is 170 g/mol. The van der Waals surface area contributed by atoms with Crippen molar-refractivity contribution in [2.75, 3.05) is 0 Å². The number of aliphatic hydroxyl groups excluding tert-OH is 1. The molecule has 62 valence electrons. The molecule has 0 fully saturated rings. The molecule has 2 aromatic rings. The fourth-order valence-electron chi connectivity index (χ4n) is 1.25. The number of para-hydroxylation sites is 1. The minimum Gasteiger partial charge on any atom is -0.389 e. The standard InChI is InChI=1S/C9H9NOS/c1-6(11)7-3-2-4-8-9(7)10-5-12-8/h2-6,11H,1H3/t6-/m0/s1. The molecule has 0 unspecified atom stereocenters. The third-order valence-electron chi connectivity index (χ3n) is 1.84. The van der Waals surface area contributed by atoms with Gasteiger partial charge in [-0.05, 0) is 13.0 Å². The van der Waals surface area contributed by atoms with Crippen molar-refractivity contribution in [3.8, 4) is 0 Å². The number of rotatable bonds is 1. The predicted molar refractivity (Wildman–Crippen MR) is 50.3 cm³/mol. The van der Waals surface area contributed by atoms with Gasteiger partial charge >= 0.3 is 0 Å². The van der Waals surface area contributed by atoms with Crippen LogP contribution in [0.3, 0.4) is 0 Å². The zero-order valence-electron chi connectivity index (χ0n) is 6.69. The fourth-order valence-corrected chi connectivity index (χ4v) is 1.96. The summed E-state index contributed by atoms with van der Waals surface area (Å²) in [5.41, 5.74) is 3.64. The minimum atomic E-state index is -0.434. The Kier molecular flexibility index (Phi) is 1.83. The molecule has 3 heteroatoms. The molecule has 0 amide bonds. The molecule has 12 heavy (non-hydrogen) atoms. The highest BCUT2D eigenvalue weighted by Crippen LogP contribution is 2.25. The average Bonchev–Trinajstić information content (AvgIpc) is 2.49. The molecule has 0 aliphatic rings. The lowest BCUT2D eigenvalue weighted by Crippen LogP contribution is -1.91. The van der Waals surface area contributed by atoms with E-state index in [4.69, 9.17) is 0 Å². The fraction of sp³-hybridized carbons (Fsp3) is 0.222. The van der Waals surface area contributed by atoms with Gasteiger partial charge in [0.05, 0.1) is 21.8 Å². The Labute approximate surface area is 74.5 Å². The van der Waals surface area contributed by atoms with Gasteiger partial charge < -0.3 is 5.11 Å². The second-order valence-corrected chi connectivity index (χ2v) is 3.61. The summed E-state index contributed by atoms with van der Waals surface area (Å²) in [5.74, 6) is 0. The number of aliphatic hydroxyl groups is 1. The second-order valence-electron chi connectivity index (χ2n) is 2.72. The quantitative estimate of drug-likeness (QED) is 0.729. The Bertz CT molecular complexity index is 394. The molecule has 1 atom stereocenters. The predicted octanol–water partition coefficient (Wildman–Crippen LogP) is 2.35. The number of hydrogen-bond acceptors (Lipinski definition) is 3. The van der Waals surface area contributed by atoms with Gasteiger partial charge in [-0.2, -0.15) is 0 Å². The Morgan fingerprint density at radius 2 is 2.33 bits per heavy atom. The highest BCUT2D eigenvalue weighted by molar-refractivity contribution is 7.16. The van der Waals surface area contributed by atoms with E-state index in [1.807, 2.05) is 18.2 Å². The van der Waals surface area contributed by atoms with E-state index >= 15 is 0 Å². The number of benzene rings is 1. The number of nitrogens with zero attached hydrogens (tertiary/aromatic N) is 1. The van der Waals surface area contributed by atoms with Gasteiger partial charge in [-0.3, -0.25) is 0 Å². The van der Waals surface area contributed by atoms with Crippen molar-refractivity contribution in [1.29, 1.82) is 0 Å². The Hall–Kier alpha value is -0.930. The van der Waals surface area contributed by atoms with Crippen LogP contribution in [0.15, 0.2) is 23.7 Å². The molecule has 1 aromatic carbocycles. The lowest BCUT2D eigenvalue weighted by molar-refractivity contribution is 0.200. The van der Waals surface area contributed by atoms with Gasteiger partial charge in [-0.25, -0.2) is 4.98 Å². The molecule has 0 saturated carbocycles. The summed E-state index contributed by atoms with van der Waals surface area (Å²) in [7, 11) is 0. The van der Waals surface area contributed by atoms with Gasteiger partial charge in [0.25, 0.3) is 0 Å². The Morgan fingerprint density at radius 3 is 3.08 bits per heavy atom. The van der Waals surface area contributed by atoms with Crippen molar-refractivity contribution < 1.29 is 5.11 Å². The topological polar surface area (TPSA) is 33.1 Å². The van der Waals surface area contributed by atoms with E-state index < -0.39 is 6.10 Å². The van der Waals surface area contributed by atoms with Crippen molar-refractivity contribution in [3.05, 3.63) is 29.3 Å². The van der Waals surface area contributed by atoms with Crippen LogP contribution in [-0.4, -0.2) is 10.1 Å². The van der Waals surface area contributed by atoms with Crippen molar-refractivity contribution in [1.82, 2.24) is 4.98 Å². The Balaban J connectivity index is 2.73. The highest BCUT2D eigenvalue weighted by atomic mass is 32.1. The molecule has 0 aliphatic heterocycles. The first-order chi connectivity index (χ1) is 5.79.